The SMILES string of the molecule is Cc1c(N2C(=O)C(=Cc3c(N4CCC(C(N)=O)CC4)nc4ccccn4c3=O)SC2=S)c(=O)n(-c2ccccc2)n1C. The number of aromatic nitrogens is 4. The van der Waals surface area contributed by atoms with Crippen LogP contribution in [0.4, 0.5) is 11.5 Å². The number of pyridine rings is 1. The Labute approximate surface area is 249 Å². The maximum atomic E-state index is 13.9. The largest absolute Gasteiger partial charge is 0.369 e. The molecule has 214 valence electrons. The van der Waals surface area contributed by atoms with Crippen molar-refractivity contribution in [3.63, 3.8) is 0 Å². The minimum Gasteiger partial charge on any atom is -0.369 e. The molecule has 0 saturated carbocycles. The molecule has 2 N–H and O–H groups in total. The van der Waals surface area contributed by atoms with Gasteiger partial charge in [-0.15, -0.1) is 0 Å². The zero-order valence-corrected chi connectivity index (χ0v) is 24.5. The summed E-state index contributed by atoms with van der Waals surface area (Å²) in [5.41, 5.74) is 6.85. The van der Waals surface area contributed by atoms with Crippen molar-refractivity contribution in [2.45, 2.75) is 19.8 Å². The number of amides is 2. The summed E-state index contributed by atoms with van der Waals surface area (Å²) in [5, 5.41) is 0. The van der Waals surface area contributed by atoms with Gasteiger partial charge in [-0.3, -0.25) is 33.2 Å². The molecule has 0 aliphatic carbocycles. The second-order valence-electron chi connectivity index (χ2n) is 10.2. The van der Waals surface area contributed by atoms with E-state index in [4.69, 9.17) is 22.9 Å². The Hall–Kier alpha value is -4.49. The summed E-state index contributed by atoms with van der Waals surface area (Å²) >= 11 is 6.63. The van der Waals surface area contributed by atoms with Gasteiger partial charge in [0.1, 0.15) is 17.2 Å². The van der Waals surface area contributed by atoms with Crippen LogP contribution in [0.2, 0.25) is 0 Å². The predicted molar refractivity (Wildman–Crippen MR) is 167 cm³/mol. The lowest BCUT2D eigenvalue weighted by atomic mass is 9.96. The van der Waals surface area contributed by atoms with E-state index in [1.54, 1.807) is 43.0 Å². The smallest absolute Gasteiger partial charge is 0.296 e. The maximum Gasteiger partial charge on any atom is 0.296 e. The number of hydrogen-bond donors (Lipinski definition) is 1. The predicted octanol–water partition coefficient (Wildman–Crippen LogP) is 2.60. The molecule has 2 amide bonds. The van der Waals surface area contributed by atoms with Crippen LogP contribution in [0.5, 0.6) is 0 Å². The van der Waals surface area contributed by atoms with Gasteiger partial charge in [-0.1, -0.05) is 48.2 Å². The number of thiocarbonyl (C=S) groups is 1. The van der Waals surface area contributed by atoms with E-state index in [-0.39, 0.29) is 43.4 Å². The van der Waals surface area contributed by atoms with Gasteiger partial charge >= 0.3 is 0 Å². The van der Waals surface area contributed by atoms with Crippen molar-refractivity contribution in [2.75, 3.05) is 22.9 Å². The Bertz CT molecular complexity index is 1920. The quantitative estimate of drug-likeness (QED) is 0.273. The number of nitrogens with two attached hydrogens (primary N) is 1. The number of benzene rings is 1. The zero-order chi connectivity index (χ0) is 29.7. The number of carbonyl (C=O) groups is 2. The third-order valence-corrected chi connectivity index (χ3v) is 9.06. The third-order valence-electron chi connectivity index (χ3n) is 7.76. The highest BCUT2D eigenvalue weighted by Gasteiger charge is 2.38. The van der Waals surface area contributed by atoms with Crippen LogP contribution in [0.3, 0.4) is 0 Å². The molecule has 0 atom stereocenters. The second-order valence-corrected chi connectivity index (χ2v) is 11.8. The maximum absolute atomic E-state index is 13.9. The number of carbonyl (C=O) groups excluding carboxylic acids is 2. The van der Waals surface area contributed by atoms with Crippen LogP contribution < -0.4 is 26.7 Å². The van der Waals surface area contributed by atoms with Crippen LogP contribution in [0.15, 0.2) is 69.2 Å². The van der Waals surface area contributed by atoms with Crippen molar-refractivity contribution >= 4 is 63.3 Å². The van der Waals surface area contributed by atoms with Crippen molar-refractivity contribution in [3.8, 4) is 5.69 Å². The molecule has 6 rings (SSSR count). The molecule has 4 aromatic rings. The Morgan fingerprint density at radius 1 is 1.05 bits per heavy atom. The molecule has 2 fully saturated rings. The molecule has 13 heteroatoms. The van der Waals surface area contributed by atoms with Gasteiger partial charge in [-0.05, 0) is 50.1 Å². The molecule has 2 aliphatic heterocycles. The molecule has 0 spiro atoms. The second kappa shape index (κ2) is 10.7. The van der Waals surface area contributed by atoms with Gasteiger partial charge in [0.15, 0.2) is 4.32 Å². The van der Waals surface area contributed by atoms with Gasteiger partial charge in [-0.2, -0.15) is 0 Å². The highest BCUT2D eigenvalue weighted by atomic mass is 32.2. The lowest BCUT2D eigenvalue weighted by Gasteiger charge is -2.32. The molecule has 0 bridgehead atoms. The average Bonchev–Trinajstić information content (AvgIpc) is 3.39. The number of fused-ring (bicyclic) bond motifs is 1. The highest BCUT2D eigenvalue weighted by Crippen LogP contribution is 2.37. The van der Waals surface area contributed by atoms with Crippen molar-refractivity contribution in [3.05, 3.63) is 91.6 Å². The summed E-state index contributed by atoms with van der Waals surface area (Å²) in [7, 11) is 1.75. The summed E-state index contributed by atoms with van der Waals surface area (Å²) in [6, 6.07) is 14.4. The molecule has 11 nitrogen and oxygen atoms in total. The first-order chi connectivity index (χ1) is 20.2. The minimum atomic E-state index is -0.494. The molecule has 0 radical (unpaired) electrons. The monoisotopic (exact) mass is 601 g/mol. The fourth-order valence-electron chi connectivity index (χ4n) is 5.44. The lowest BCUT2D eigenvalue weighted by Crippen LogP contribution is -2.40. The van der Waals surface area contributed by atoms with E-state index < -0.39 is 5.91 Å². The summed E-state index contributed by atoms with van der Waals surface area (Å²) in [6.07, 6.45) is 4.20. The molecule has 1 aromatic carbocycles. The van der Waals surface area contributed by atoms with Gasteiger partial charge in [-0.25, -0.2) is 9.67 Å². The minimum absolute atomic E-state index is 0.161. The number of hydrogen-bond acceptors (Lipinski definition) is 8. The molecule has 2 aliphatic rings. The van der Waals surface area contributed by atoms with Crippen LogP contribution in [-0.2, 0) is 16.6 Å². The summed E-state index contributed by atoms with van der Waals surface area (Å²) in [5.74, 6) is -0.655. The molecule has 2 saturated heterocycles. The lowest BCUT2D eigenvalue weighted by molar-refractivity contribution is -0.122. The number of thioether (sulfide) groups is 1. The van der Waals surface area contributed by atoms with Crippen LogP contribution in [0, 0.1) is 12.8 Å². The van der Waals surface area contributed by atoms with E-state index >= 15 is 0 Å². The number of rotatable bonds is 5. The molecule has 42 heavy (non-hydrogen) atoms. The summed E-state index contributed by atoms with van der Waals surface area (Å²) in [4.78, 5) is 61.2. The number of anilines is 2. The molecule has 0 unspecified atom stereocenters. The van der Waals surface area contributed by atoms with Crippen LogP contribution in [-0.4, -0.2) is 48.0 Å². The van der Waals surface area contributed by atoms with Crippen molar-refractivity contribution in [2.24, 2.45) is 18.7 Å². The van der Waals surface area contributed by atoms with E-state index in [9.17, 15) is 19.2 Å². The number of nitrogens with zero attached hydrogens (tertiary/aromatic N) is 6. The molecule has 5 heterocycles. The normalized spacial score (nSPS) is 17.1. The van der Waals surface area contributed by atoms with E-state index in [1.165, 1.54) is 20.1 Å². The van der Waals surface area contributed by atoms with E-state index in [0.717, 1.165) is 11.8 Å². The Morgan fingerprint density at radius 2 is 1.74 bits per heavy atom. The van der Waals surface area contributed by atoms with Gasteiger partial charge in [0.25, 0.3) is 17.0 Å². The topological polar surface area (TPSA) is 128 Å². The van der Waals surface area contributed by atoms with Crippen molar-refractivity contribution < 1.29 is 9.59 Å². The van der Waals surface area contributed by atoms with Crippen LogP contribution >= 0.6 is 24.0 Å². The summed E-state index contributed by atoms with van der Waals surface area (Å²) in [6.45, 7) is 2.71. The summed E-state index contributed by atoms with van der Waals surface area (Å²) < 4.78 is 4.78. The van der Waals surface area contributed by atoms with E-state index in [1.807, 2.05) is 35.2 Å². The Balaban J connectivity index is 1.43. The Kier molecular flexibility index (Phi) is 7.07. The molecular weight excluding hydrogens is 574 g/mol. The standard InChI is InChI=1S/C29H27N7O4S2/c1-17-23(28(40)36(32(17)2)19-8-4-3-5-9-19)35-27(39)21(42-29(35)41)16-20-25(33-14-11-18(12-15-33)24(30)37)31-22-10-6-7-13-34(22)26(20)38/h3-10,13,16,18H,11-12,14-15H2,1-2H3,(H2,30,37). The van der Waals surface area contributed by atoms with Gasteiger partial charge in [0.2, 0.25) is 5.91 Å². The number of piperidine rings is 1. The Morgan fingerprint density at radius 3 is 2.43 bits per heavy atom. The average molecular weight is 602 g/mol. The van der Waals surface area contributed by atoms with Gasteiger partial charge in [0, 0.05) is 32.3 Å². The van der Waals surface area contributed by atoms with Gasteiger partial charge in [0.05, 0.1) is 21.8 Å². The molecule has 3 aromatic heterocycles. The molecular formula is C29H27N7O4S2. The van der Waals surface area contributed by atoms with E-state index in [2.05, 4.69) is 0 Å². The van der Waals surface area contributed by atoms with Gasteiger partial charge < -0.3 is 10.6 Å². The number of para-hydroxylation sites is 1. The van der Waals surface area contributed by atoms with Crippen LogP contribution in [0.1, 0.15) is 24.1 Å². The van der Waals surface area contributed by atoms with Crippen molar-refractivity contribution in [1.29, 1.82) is 0 Å². The first kappa shape index (κ1) is 27.7. The first-order valence-corrected chi connectivity index (χ1v) is 14.6. The fraction of sp³-hybridized carbons (Fsp3) is 0.241. The number of primary amides is 1. The zero-order valence-electron chi connectivity index (χ0n) is 22.9. The fourth-order valence-corrected chi connectivity index (χ4v) is 6.69. The third kappa shape index (κ3) is 4.54. The van der Waals surface area contributed by atoms with E-state index in [0.29, 0.717) is 48.8 Å². The van der Waals surface area contributed by atoms with Crippen molar-refractivity contribution in [1.82, 2.24) is 18.7 Å². The highest BCUT2D eigenvalue weighted by molar-refractivity contribution is 8.27. The first-order valence-electron chi connectivity index (χ1n) is 13.3. The van der Waals surface area contributed by atoms with Crippen LogP contribution in [0.25, 0.3) is 17.4 Å².